The Balaban J connectivity index is 0. The van der Waals surface area contributed by atoms with Crippen molar-refractivity contribution in [2.45, 2.75) is 26.4 Å². The Morgan fingerprint density at radius 2 is 1.89 bits per heavy atom. The molecule has 0 atom stereocenters. The number of hydrogen-bond donors (Lipinski definition) is 1. The van der Waals surface area contributed by atoms with Crippen LogP contribution >= 0.6 is 0 Å². The standard InChI is InChI=1S/C6H14NO.Y/c1-4-7-5-6(2,3)8;/h8H,4-5H2,1-3H3;/q-1;. The minimum atomic E-state index is -0.615. The van der Waals surface area contributed by atoms with E-state index in [-0.39, 0.29) is 32.7 Å². The maximum atomic E-state index is 9.06. The van der Waals surface area contributed by atoms with Crippen molar-refractivity contribution in [3.63, 3.8) is 0 Å². The van der Waals surface area contributed by atoms with E-state index >= 15 is 0 Å². The molecule has 0 aliphatic heterocycles. The number of likely N-dealkylation sites (N-methyl/N-ethyl adjacent to an activating group) is 1. The molecule has 0 saturated carbocycles. The first-order valence-corrected chi connectivity index (χ1v) is 2.92. The number of aliphatic hydroxyl groups is 1. The van der Waals surface area contributed by atoms with Crippen molar-refractivity contribution in [1.29, 1.82) is 0 Å². The Labute approximate surface area is 82.3 Å². The SMILES string of the molecule is CC[N-]CC(C)(C)O.[Y]. The molecule has 2 nitrogen and oxygen atoms in total. The quantitative estimate of drug-likeness (QED) is 0.736. The van der Waals surface area contributed by atoms with Crippen LogP contribution in [-0.4, -0.2) is 23.8 Å². The fourth-order valence-corrected chi connectivity index (χ4v) is 0.385. The van der Waals surface area contributed by atoms with E-state index in [1.807, 2.05) is 6.92 Å². The van der Waals surface area contributed by atoms with Crippen molar-refractivity contribution in [3.8, 4) is 0 Å². The van der Waals surface area contributed by atoms with Gasteiger partial charge in [-0.1, -0.05) is 6.92 Å². The molecule has 0 aliphatic carbocycles. The summed E-state index contributed by atoms with van der Waals surface area (Å²) in [6.07, 6.45) is 0. The van der Waals surface area contributed by atoms with Gasteiger partial charge in [-0.2, -0.15) is 6.54 Å². The molecule has 53 valence electrons. The monoisotopic (exact) mass is 205 g/mol. The first-order chi connectivity index (χ1) is 3.56. The second-order valence-corrected chi connectivity index (χ2v) is 2.51. The van der Waals surface area contributed by atoms with Crippen molar-refractivity contribution >= 4 is 0 Å². The Hall–Kier alpha value is 1.02. The molecule has 0 saturated heterocycles. The Morgan fingerprint density at radius 1 is 1.44 bits per heavy atom. The predicted molar refractivity (Wildman–Crippen MR) is 35.1 cm³/mol. The van der Waals surface area contributed by atoms with Crippen molar-refractivity contribution in [2.24, 2.45) is 0 Å². The molecule has 1 N–H and O–H groups in total. The van der Waals surface area contributed by atoms with Gasteiger partial charge in [0.05, 0.1) is 0 Å². The number of hydrogen-bond acceptors (Lipinski definition) is 1. The molecule has 0 aromatic carbocycles. The molecular weight excluding hydrogens is 191 g/mol. The summed E-state index contributed by atoms with van der Waals surface area (Å²) in [7, 11) is 0. The molecule has 3 heteroatoms. The Kier molecular flexibility index (Phi) is 8.15. The van der Waals surface area contributed by atoms with Gasteiger partial charge in [0.2, 0.25) is 0 Å². The van der Waals surface area contributed by atoms with E-state index in [0.717, 1.165) is 6.54 Å². The van der Waals surface area contributed by atoms with Crippen molar-refractivity contribution < 1.29 is 37.8 Å². The normalized spacial score (nSPS) is 10.7. The first kappa shape index (κ1) is 12.7. The van der Waals surface area contributed by atoms with Gasteiger partial charge in [0.15, 0.2) is 0 Å². The third-order valence-electron chi connectivity index (χ3n) is 0.722. The molecule has 0 rings (SSSR count). The van der Waals surface area contributed by atoms with Crippen LogP contribution in [0.3, 0.4) is 0 Å². The predicted octanol–water partition coefficient (Wildman–Crippen LogP) is 1.15. The number of nitrogens with zero attached hydrogens (tertiary/aromatic N) is 1. The zero-order chi connectivity index (χ0) is 6.62. The summed E-state index contributed by atoms with van der Waals surface area (Å²) in [6, 6.07) is 0. The summed E-state index contributed by atoms with van der Waals surface area (Å²) >= 11 is 0. The molecule has 0 fully saturated rings. The molecule has 0 aliphatic rings. The average molecular weight is 205 g/mol. The molecule has 0 heterocycles. The minimum absolute atomic E-state index is 0. The smallest absolute Gasteiger partial charge is 0.0405 e. The van der Waals surface area contributed by atoms with E-state index in [1.165, 1.54) is 0 Å². The molecule has 0 aromatic rings. The van der Waals surface area contributed by atoms with Crippen molar-refractivity contribution in [2.75, 3.05) is 13.1 Å². The summed E-state index contributed by atoms with van der Waals surface area (Å²) < 4.78 is 0. The molecule has 0 unspecified atom stereocenters. The largest absolute Gasteiger partial charge is 0.660 e. The molecule has 0 amide bonds. The fourth-order valence-electron chi connectivity index (χ4n) is 0.385. The maximum Gasteiger partial charge on any atom is 0.0405 e. The van der Waals surface area contributed by atoms with Crippen LogP contribution < -0.4 is 0 Å². The van der Waals surface area contributed by atoms with Gasteiger partial charge in [-0.3, -0.25) is 0 Å². The molecule has 9 heavy (non-hydrogen) atoms. The molecular formula is C6H14NOY-. The molecule has 0 bridgehead atoms. The van der Waals surface area contributed by atoms with Crippen LogP contribution in [0.4, 0.5) is 0 Å². The van der Waals surface area contributed by atoms with E-state index in [0.29, 0.717) is 6.54 Å². The second-order valence-electron chi connectivity index (χ2n) is 2.51. The van der Waals surface area contributed by atoms with E-state index in [4.69, 9.17) is 5.11 Å². The van der Waals surface area contributed by atoms with Crippen molar-refractivity contribution in [3.05, 3.63) is 5.32 Å². The number of rotatable bonds is 3. The van der Waals surface area contributed by atoms with E-state index in [1.54, 1.807) is 13.8 Å². The topological polar surface area (TPSA) is 34.3 Å². The fraction of sp³-hybridized carbons (Fsp3) is 1.00. The van der Waals surface area contributed by atoms with Crippen LogP contribution in [0, 0.1) is 0 Å². The average Bonchev–Trinajstić information content (AvgIpc) is 1.59. The third-order valence-corrected chi connectivity index (χ3v) is 0.722. The van der Waals surface area contributed by atoms with Crippen LogP contribution in [0.25, 0.3) is 5.32 Å². The van der Waals surface area contributed by atoms with Crippen LogP contribution in [0.15, 0.2) is 0 Å². The summed E-state index contributed by atoms with van der Waals surface area (Å²) in [5.41, 5.74) is -0.615. The second kappa shape index (κ2) is 5.78. The van der Waals surface area contributed by atoms with E-state index < -0.39 is 5.60 Å². The van der Waals surface area contributed by atoms with Gasteiger partial charge in [-0.25, -0.2) is 0 Å². The van der Waals surface area contributed by atoms with Gasteiger partial charge in [-0.05, 0) is 13.8 Å². The van der Waals surface area contributed by atoms with Crippen LogP contribution in [-0.2, 0) is 32.7 Å². The molecule has 1 radical (unpaired) electrons. The van der Waals surface area contributed by atoms with Gasteiger partial charge in [0, 0.05) is 38.3 Å². The summed E-state index contributed by atoms with van der Waals surface area (Å²) in [6.45, 7) is 6.82. The van der Waals surface area contributed by atoms with Gasteiger partial charge in [0.1, 0.15) is 0 Å². The van der Waals surface area contributed by atoms with E-state index in [2.05, 4.69) is 5.32 Å². The van der Waals surface area contributed by atoms with E-state index in [9.17, 15) is 0 Å². The van der Waals surface area contributed by atoms with Crippen LogP contribution in [0.2, 0.25) is 0 Å². The Bertz CT molecular complexity index is 60.6. The third kappa shape index (κ3) is 12.3. The summed E-state index contributed by atoms with van der Waals surface area (Å²) in [4.78, 5) is 0. The maximum absolute atomic E-state index is 9.06. The summed E-state index contributed by atoms with van der Waals surface area (Å²) in [5.74, 6) is 0. The molecule has 0 aromatic heterocycles. The van der Waals surface area contributed by atoms with Gasteiger partial charge >= 0.3 is 0 Å². The van der Waals surface area contributed by atoms with Gasteiger partial charge in [-0.15, -0.1) is 6.54 Å². The zero-order valence-corrected chi connectivity index (χ0v) is 9.22. The minimum Gasteiger partial charge on any atom is -0.660 e. The van der Waals surface area contributed by atoms with Crippen molar-refractivity contribution in [1.82, 2.24) is 0 Å². The Morgan fingerprint density at radius 3 is 2.00 bits per heavy atom. The van der Waals surface area contributed by atoms with Crippen LogP contribution in [0.5, 0.6) is 0 Å². The van der Waals surface area contributed by atoms with Crippen LogP contribution in [0.1, 0.15) is 20.8 Å². The summed E-state index contributed by atoms with van der Waals surface area (Å²) in [5, 5.41) is 13.0. The van der Waals surface area contributed by atoms with Gasteiger partial charge in [0.25, 0.3) is 0 Å². The van der Waals surface area contributed by atoms with Gasteiger partial charge < -0.3 is 10.4 Å². The molecule has 0 spiro atoms. The zero-order valence-electron chi connectivity index (χ0n) is 6.39. The first-order valence-electron chi connectivity index (χ1n) is 2.92.